The van der Waals surface area contributed by atoms with E-state index in [1.54, 1.807) is 24.3 Å². The van der Waals surface area contributed by atoms with Gasteiger partial charge in [0.05, 0.1) is 55.6 Å². The highest BCUT2D eigenvalue weighted by molar-refractivity contribution is 6.02. The number of hydroxylamine groups is 1. The van der Waals surface area contributed by atoms with E-state index >= 15 is 0 Å². The standard InChI is InChI=1S/C34H33FN6O4/c1-3-34(42)39-27-15-28(31(43-2)16-30(27)40-18-26-14-25(40)19-44-26)38-32-17-33(37-20-36-32)41-29(10-11-45-41)23-8-4-6-21(12-23)22-7-5-9-24(35)13-22/h3-9,12-13,15-17,20,25-26,29H,1,10-11,14,18-19H2,2H3,(H,39,42)(H,36,37,38)/t25-,26-,29?/m1/s1. The van der Waals surface area contributed by atoms with E-state index in [1.807, 2.05) is 36.4 Å². The van der Waals surface area contributed by atoms with Crippen LogP contribution in [-0.2, 0) is 14.4 Å². The summed E-state index contributed by atoms with van der Waals surface area (Å²) in [4.78, 5) is 29.7. The van der Waals surface area contributed by atoms with Crippen LogP contribution in [0.25, 0.3) is 11.1 Å². The van der Waals surface area contributed by atoms with Crippen molar-refractivity contribution >= 4 is 34.6 Å². The van der Waals surface area contributed by atoms with Gasteiger partial charge in [-0.05, 0) is 53.5 Å². The van der Waals surface area contributed by atoms with Crippen LogP contribution in [0, 0.1) is 5.82 Å². The molecule has 1 aromatic heterocycles. The quantitative estimate of drug-likeness (QED) is 0.221. The topological polar surface area (TPSA) is 101 Å². The van der Waals surface area contributed by atoms with Gasteiger partial charge in [0.25, 0.3) is 0 Å². The number of aromatic nitrogens is 2. The van der Waals surface area contributed by atoms with Crippen LogP contribution in [0.1, 0.15) is 24.4 Å². The van der Waals surface area contributed by atoms with E-state index in [9.17, 15) is 9.18 Å². The molecule has 0 aliphatic carbocycles. The van der Waals surface area contributed by atoms with Crippen molar-refractivity contribution in [2.45, 2.75) is 31.0 Å². The largest absolute Gasteiger partial charge is 0.494 e. The van der Waals surface area contributed by atoms with E-state index in [4.69, 9.17) is 14.3 Å². The number of halogens is 1. The van der Waals surface area contributed by atoms with Gasteiger partial charge < -0.3 is 25.0 Å². The first-order valence-corrected chi connectivity index (χ1v) is 14.9. The first-order chi connectivity index (χ1) is 22.0. The molecule has 3 aromatic carbocycles. The maximum Gasteiger partial charge on any atom is 0.247 e. The molecule has 10 nitrogen and oxygen atoms in total. The lowest BCUT2D eigenvalue weighted by Gasteiger charge is -2.31. The minimum absolute atomic E-state index is 0.101. The average Bonchev–Trinajstić information content (AvgIpc) is 3.84. The fourth-order valence-corrected chi connectivity index (χ4v) is 6.32. The molecular weight excluding hydrogens is 575 g/mol. The second-order valence-corrected chi connectivity index (χ2v) is 11.2. The summed E-state index contributed by atoms with van der Waals surface area (Å²) in [5.41, 5.74) is 4.88. The molecule has 3 fully saturated rings. The molecule has 0 saturated carbocycles. The molecule has 4 aromatic rings. The number of nitrogens with one attached hydrogen (secondary N) is 2. The molecule has 0 radical (unpaired) electrons. The monoisotopic (exact) mass is 608 g/mol. The molecule has 45 heavy (non-hydrogen) atoms. The summed E-state index contributed by atoms with van der Waals surface area (Å²) in [7, 11) is 1.61. The Morgan fingerprint density at radius 3 is 2.69 bits per heavy atom. The second-order valence-electron chi connectivity index (χ2n) is 11.2. The minimum Gasteiger partial charge on any atom is -0.494 e. The number of fused-ring (bicyclic) bond motifs is 2. The molecule has 2 N–H and O–H groups in total. The summed E-state index contributed by atoms with van der Waals surface area (Å²) < 4.78 is 25.5. The zero-order chi connectivity index (χ0) is 30.9. The van der Waals surface area contributed by atoms with Crippen LogP contribution < -0.4 is 25.3 Å². The number of anilines is 5. The van der Waals surface area contributed by atoms with Crippen molar-refractivity contribution < 1.29 is 23.5 Å². The predicted molar refractivity (Wildman–Crippen MR) is 170 cm³/mol. The molecule has 3 aliphatic rings. The smallest absolute Gasteiger partial charge is 0.247 e. The number of hydrogen-bond acceptors (Lipinski definition) is 9. The molecule has 1 amide bonds. The van der Waals surface area contributed by atoms with Gasteiger partial charge in [-0.1, -0.05) is 36.9 Å². The summed E-state index contributed by atoms with van der Waals surface area (Å²) in [5.74, 6) is 1.10. The minimum atomic E-state index is -0.309. The van der Waals surface area contributed by atoms with Crippen molar-refractivity contribution in [3.8, 4) is 16.9 Å². The zero-order valence-electron chi connectivity index (χ0n) is 24.8. The number of rotatable bonds is 9. The van der Waals surface area contributed by atoms with E-state index in [1.165, 1.54) is 24.5 Å². The number of hydrogen-bond donors (Lipinski definition) is 2. The van der Waals surface area contributed by atoms with Crippen LogP contribution in [-0.4, -0.2) is 54.9 Å². The summed E-state index contributed by atoms with van der Waals surface area (Å²) in [5, 5.41) is 8.09. The number of carbonyl (C=O) groups excluding carboxylic acids is 1. The number of carbonyl (C=O) groups is 1. The Labute approximate surface area is 260 Å². The van der Waals surface area contributed by atoms with E-state index in [-0.39, 0.29) is 29.9 Å². The molecule has 3 saturated heterocycles. The highest BCUT2D eigenvalue weighted by atomic mass is 19.1. The van der Waals surface area contributed by atoms with Crippen LogP contribution in [0.3, 0.4) is 0 Å². The Bertz CT molecular complexity index is 1750. The summed E-state index contributed by atoms with van der Waals surface area (Å²) in [6, 6.07) is 20.3. The summed E-state index contributed by atoms with van der Waals surface area (Å²) >= 11 is 0. The molecular formula is C34H33FN6O4. The van der Waals surface area contributed by atoms with Crippen LogP contribution >= 0.6 is 0 Å². The zero-order valence-corrected chi connectivity index (χ0v) is 24.8. The van der Waals surface area contributed by atoms with Gasteiger partial charge in [0.1, 0.15) is 23.7 Å². The van der Waals surface area contributed by atoms with Gasteiger partial charge in [-0.3, -0.25) is 9.63 Å². The summed E-state index contributed by atoms with van der Waals surface area (Å²) in [6.07, 6.45) is 4.61. The molecule has 11 heteroatoms. The molecule has 3 atom stereocenters. The highest BCUT2D eigenvalue weighted by Crippen LogP contribution is 2.43. The SMILES string of the molecule is C=CC(=O)Nc1cc(Nc2cc(N3OCCC3c3cccc(-c4cccc(F)c4)c3)ncn2)c(OC)cc1N1C[C@H]2C[C@@H]1CO2. The Hall–Kier alpha value is -5.00. The Morgan fingerprint density at radius 2 is 1.93 bits per heavy atom. The highest BCUT2D eigenvalue weighted by Gasteiger charge is 2.40. The lowest BCUT2D eigenvalue weighted by molar-refractivity contribution is -0.111. The third-order valence-electron chi connectivity index (χ3n) is 8.45. The van der Waals surface area contributed by atoms with Gasteiger partial charge in [-0.2, -0.15) is 0 Å². The Balaban J connectivity index is 1.17. The number of morpholine rings is 1. The van der Waals surface area contributed by atoms with E-state index in [0.717, 1.165) is 41.8 Å². The molecule has 2 bridgehead atoms. The van der Waals surface area contributed by atoms with Crippen LogP contribution in [0.15, 0.2) is 85.7 Å². The van der Waals surface area contributed by atoms with Crippen molar-refractivity contribution in [2.75, 3.05) is 47.5 Å². The maximum atomic E-state index is 13.9. The van der Waals surface area contributed by atoms with Gasteiger partial charge in [-0.15, -0.1) is 0 Å². The third kappa shape index (κ3) is 5.79. The fourth-order valence-electron chi connectivity index (χ4n) is 6.32. The van der Waals surface area contributed by atoms with E-state index < -0.39 is 0 Å². The lowest BCUT2D eigenvalue weighted by atomic mass is 9.98. The lowest BCUT2D eigenvalue weighted by Crippen LogP contribution is -2.37. The summed E-state index contributed by atoms with van der Waals surface area (Å²) in [6.45, 7) is 5.53. The normalized spacial score (nSPS) is 20.4. The van der Waals surface area contributed by atoms with E-state index in [2.05, 4.69) is 38.1 Å². The fraction of sp³-hybridized carbons (Fsp3) is 0.265. The first-order valence-electron chi connectivity index (χ1n) is 14.9. The molecule has 0 spiro atoms. The Morgan fingerprint density at radius 1 is 1.09 bits per heavy atom. The number of methoxy groups -OCH3 is 1. The number of benzene rings is 3. The van der Waals surface area contributed by atoms with Crippen molar-refractivity contribution in [2.24, 2.45) is 0 Å². The van der Waals surface area contributed by atoms with Gasteiger partial charge in [0.2, 0.25) is 5.91 Å². The van der Waals surface area contributed by atoms with E-state index in [0.29, 0.717) is 42.0 Å². The third-order valence-corrected chi connectivity index (χ3v) is 8.45. The van der Waals surface area contributed by atoms with Crippen LogP contribution in [0.5, 0.6) is 5.75 Å². The van der Waals surface area contributed by atoms with Crippen molar-refractivity contribution in [1.29, 1.82) is 0 Å². The molecule has 230 valence electrons. The van der Waals surface area contributed by atoms with Crippen molar-refractivity contribution in [1.82, 2.24) is 9.97 Å². The molecule has 1 unspecified atom stereocenters. The van der Waals surface area contributed by atoms with Crippen molar-refractivity contribution in [3.05, 3.63) is 97.1 Å². The van der Waals surface area contributed by atoms with Gasteiger partial charge >= 0.3 is 0 Å². The molecule has 3 aliphatic heterocycles. The second kappa shape index (κ2) is 12.2. The predicted octanol–water partition coefficient (Wildman–Crippen LogP) is 6.02. The van der Waals surface area contributed by atoms with Crippen molar-refractivity contribution in [3.63, 3.8) is 0 Å². The number of amides is 1. The molecule has 4 heterocycles. The van der Waals surface area contributed by atoms with Crippen LogP contribution in [0.4, 0.5) is 33.1 Å². The number of nitrogens with zero attached hydrogens (tertiary/aromatic N) is 4. The van der Waals surface area contributed by atoms with Gasteiger partial charge in [0.15, 0.2) is 5.82 Å². The molecule has 7 rings (SSSR count). The Kier molecular flexibility index (Phi) is 7.78. The van der Waals surface area contributed by atoms with Crippen LogP contribution in [0.2, 0.25) is 0 Å². The first kappa shape index (κ1) is 28.8. The van der Waals surface area contributed by atoms with Gasteiger partial charge in [0, 0.05) is 25.1 Å². The van der Waals surface area contributed by atoms with Gasteiger partial charge in [-0.25, -0.2) is 19.4 Å². The average molecular weight is 609 g/mol. The number of ether oxygens (including phenoxy) is 2. The maximum absolute atomic E-state index is 13.9.